The Morgan fingerprint density at radius 2 is 1.74 bits per heavy atom. The standard InChI is InChI=1S/C13H19F3N2O/c14-13(15,16)19-12-8-4-3-7-11(12)18-10-6-2-1-5-9-17/h3-4,7-8,18H,1-2,5-6,9-10,17H2. The quantitative estimate of drug-likeness (QED) is 0.714. The molecule has 1 aromatic carbocycles. The van der Waals surface area contributed by atoms with Gasteiger partial charge in [-0.15, -0.1) is 13.2 Å². The van der Waals surface area contributed by atoms with E-state index in [1.54, 1.807) is 12.1 Å². The van der Waals surface area contributed by atoms with Gasteiger partial charge < -0.3 is 15.8 Å². The summed E-state index contributed by atoms with van der Waals surface area (Å²) in [6.45, 7) is 1.29. The molecule has 6 heteroatoms. The highest BCUT2D eigenvalue weighted by Crippen LogP contribution is 2.29. The summed E-state index contributed by atoms with van der Waals surface area (Å²) in [7, 11) is 0. The molecule has 108 valence electrons. The van der Waals surface area contributed by atoms with E-state index in [2.05, 4.69) is 10.1 Å². The molecule has 0 aliphatic heterocycles. The summed E-state index contributed by atoms with van der Waals surface area (Å²) in [5.41, 5.74) is 5.73. The van der Waals surface area contributed by atoms with E-state index in [0.717, 1.165) is 25.7 Å². The zero-order chi connectivity index (χ0) is 14.1. The third kappa shape index (κ3) is 6.91. The second-order valence-corrected chi connectivity index (χ2v) is 4.17. The fraction of sp³-hybridized carbons (Fsp3) is 0.538. The number of alkyl halides is 3. The number of nitrogens with one attached hydrogen (secondary N) is 1. The number of halogens is 3. The van der Waals surface area contributed by atoms with Crippen LogP contribution in [0.1, 0.15) is 25.7 Å². The third-order valence-corrected chi connectivity index (χ3v) is 2.56. The summed E-state index contributed by atoms with van der Waals surface area (Å²) in [6.07, 6.45) is -0.752. The molecule has 3 N–H and O–H groups in total. The number of nitrogens with two attached hydrogens (primary N) is 1. The second kappa shape index (κ2) is 7.89. The molecule has 0 radical (unpaired) electrons. The monoisotopic (exact) mass is 276 g/mol. The number of hydrogen-bond acceptors (Lipinski definition) is 3. The van der Waals surface area contributed by atoms with Gasteiger partial charge in [-0.1, -0.05) is 25.0 Å². The van der Waals surface area contributed by atoms with E-state index in [1.807, 2.05) is 0 Å². The van der Waals surface area contributed by atoms with Crippen LogP contribution in [0.3, 0.4) is 0 Å². The number of anilines is 1. The maximum atomic E-state index is 12.2. The minimum Gasteiger partial charge on any atom is -0.404 e. The molecule has 0 spiro atoms. The normalized spacial score (nSPS) is 11.4. The van der Waals surface area contributed by atoms with Crippen molar-refractivity contribution in [1.82, 2.24) is 0 Å². The van der Waals surface area contributed by atoms with Crippen LogP contribution >= 0.6 is 0 Å². The highest BCUT2D eigenvalue weighted by atomic mass is 19.4. The molecular weight excluding hydrogens is 257 g/mol. The van der Waals surface area contributed by atoms with Gasteiger partial charge in [0.2, 0.25) is 0 Å². The van der Waals surface area contributed by atoms with Gasteiger partial charge in [0.1, 0.15) is 0 Å². The summed E-state index contributed by atoms with van der Waals surface area (Å²) >= 11 is 0. The Kier molecular flexibility index (Phi) is 6.49. The minimum absolute atomic E-state index is 0.197. The summed E-state index contributed by atoms with van der Waals surface area (Å²) in [5, 5.41) is 2.96. The van der Waals surface area contributed by atoms with Gasteiger partial charge in [-0.25, -0.2) is 0 Å². The average Bonchev–Trinajstić information content (AvgIpc) is 2.33. The van der Waals surface area contributed by atoms with Crippen molar-refractivity contribution < 1.29 is 17.9 Å². The van der Waals surface area contributed by atoms with Gasteiger partial charge in [-0.05, 0) is 31.5 Å². The first-order valence-corrected chi connectivity index (χ1v) is 6.31. The molecule has 0 aliphatic rings. The van der Waals surface area contributed by atoms with Gasteiger partial charge in [0.05, 0.1) is 5.69 Å². The van der Waals surface area contributed by atoms with E-state index in [9.17, 15) is 13.2 Å². The van der Waals surface area contributed by atoms with Crippen molar-refractivity contribution in [2.24, 2.45) is 5.73 Å². The first-order valence-electron chi connectivity index (χ1n) is 6.31. The second-order valence-electron chi connectivity index (χ2n) is 4.17. The highest BCUT2D eigenvalue weighted by Gasteiger charge is 2.31. The predicted octanol–water partition coefficient (Wildman–Crippen LogP) is 3.52. The van der Waals surface area contributed by atoms with Gasteiger partial charge in [0.25, 0.3) is 0 Å². The van der Waals surface area contributed by atoms with Crippen molar-refractivity contribution in [2.45, 2.75) is 32.0 Å². The first kappa shape index (κ1) is 15.6. The van der Waals surface area contributed by atoms with Crippen molar-refractivity contribution in [3.63, 3.8) is 0 Å². The Balaban J connectivity index is 2.40. The van der Waals surface area contributed by atoms with E-state index in [0.29, 0.717) is 18.8 Å². The first-order chi connectivity index (χ1) is 9.03. The molecule has 3 nitrogen and oxygen atoms in total. The lowest BCUT2D eigenvalue weighted by molar-refractivity contribution is -0.274. The molecule has 0 aliphatic carbocycles. The van der Waals surface area contributed by atoms with Crippen molar-refractivity contribution in [1.29, 1.82) is 0 Å². The molecule has 1 aromatic rings. The van der Waals surface area contributed by atoms with Crippen LogP contribution in [0, 0.1) is 0 Å². The molecule has 0 heterocycles. The van der Waals surface area contributed by atoms with Crippen LogP contribution in [-0.4, -0.2) is 19.5 Å². The number of unbranched alkanes of at least 4 members (excludes halogenated alkanes) is 3. The number of rotatable bonds is 8. The Morgan fingerprint density at radius 3 is 2.42 bits per heavy atom. The van der Waals surface area contributed by atoms with Crippen LogP contribution in [-0.2, 0) is 0 Å². The fourth-order valence-electron chi connectivity index (χ4n) is 1.67. The van der Waals surface area contributed by atoms with Crippen molar-refractivity contribution in [3.8, 4) is 5.75 Å². The Hall–Kier alpha value is -1.43. The average molecular weight is 276 g/mol. The van der Waals surface area contributed by atoms with Crippen LogP contribution in [0.4, 0.5) is 18.9 Å². The summed E-state index contributed by atoms with van der Waals surface area (Å²) in [6, 6.07) is 6.04. The van der Waals surface area contributed by atoms with E-state index in [-0.39, 0.29) is 5.75 Å². The molecule has 0 saturated carbocycles. The summed E-state index contributed by atoms with van der Waals surface area (Å²) in [4.78, 5) is 0. The van der Waals surface area contributed by atoms with Crippen molar-refractivity contribution >= 4 is 5.69 Å². The molecule has 0 aromatic heterocycles. The maximum Gasteiger partial charge on any atom is 0.573 e. The van der Waals surface area contributed by atoms with Crippen LogP contribution in [0.5, 0.6) is 5.75 Å². The lowest BCUT2D eigenvalue weighted by Crippen LogP contribution is -2.18. The summed E-state index contributed by atoms with van der Waals surface area (Å²) < 4.78 is 40.5. The van der Waals surface area contributed by atoms with E-state index >= 15 is 0 Å². The Morgan fingerprint density at radius 1 is 1.05 bits per heavy atom. The molecule has 0 saturated heterocycles. The van der Waals surface area contributed by atoms with Gasteiger partial charge >= 0.3 is 6.36 Å². The molecular formula is C13H19F3N2O. The largest absolute Gasteiger partial charge is 0.573 e. The van der Waals surface area contributed by atoms with Crippen LogP contribution < -0.4 is 15.8 Å². The topological polar surface area (TPSA) is 47.3 Å². The van der Waals surface area contributed by atoms with Crippen LogP contribution in [0.25, 0.3) is 0 Å². The van der Waals surface area contributed by atoms with Gasteiger partial charge in [0, 0.05) is 6.54 Å². The number of ether oxygens (including phenoxy) is 1. The number of para-hydroxylation sites is 2. The smallest absolute Gasteiger partial charge is 0.404 e. The molecule has 0 unspecified atom stereocenters. The molecule has 0 atom stereocenters. The zero-order valence-corrected chi connectivity index (χ0v) is 10.7. The number of hydrogen-bond donors (Lipinski definition) is 2. The van der Waals surface area contributed by atoms with Gasteiger partial charge in [-0.3, -0.25) is 0 Å². The number of benzene rings is 1. The van der Waals surface area contributed by atoms with Gasteiger partial charge in [0.15, 0.2) is 5.75 Å². The Bertz CT molecular complexity index is 369. The van der Waals surface area contributed by atoms with Crippen molar-refractivity contribution in [2.75, 3.05) is 18.4 Å². The molecule has 0 bridgehead atoms. The Labute approximate surface area is 110 Å². The van der Waals surface area contributed by atoms with E-state index in [4.69, 9.17) is 5.73 Å². The lowest BCUT2D eigenvalue weighted by Gasteiger charge is -2.14. The summed E-state index contributed by atoms with van der Waals surface area (Å²) in [5.74, 6) is -0.197. The van der Waals surface area contributed by atoms with E-state index < -0.39 is 6.36 Å². The van der Waals surface area contributed by atoms with E-state index in [1.165, 1.54) is 12.1 Å². The maximum absolute atomic E-state index is 12.2. The minimum atomic E-state index is -4.67. The predicted molar refractivity (Wildman–Crippen MR) is 69.1 cm³/mol. The molecule has 0 fully saturated rings. The molecule has 19 heavy (non-hydrogen) atoms. The van der Waals surface area contributed by atoms with Crippen LogP contribution in [0.15, 0.2) is 24.3 Å². The SMILES string of the molecule is NCCCCCCNc1ccccc1OC(F)(F)F. The van der Waals surface area contributed by atoms with Crippen LogP contribution in [0.2, 0.25) is 0 Å². The molecule has 1 rings (SSSR count). The fourth-order valence-corrected chi connectivity index (χ4v) is 1.67. The van der Waals surface area contributed by atoms with Gasteiger partial charge in [-0.2, -0.15) is 0 Å². The van der Waals surface area contributed by atoms with Crippen molar-refractivity contribution in [3.05, 3.63) is 24.3 Å². The highest BCUT2D eigenvalue weighted by molar-refractivity contribution is 5.56. The third-order valence-electron chi connectivity index (χ3n) is 2.56. The lowest BCUT2D eigenvalue weighted by atomic mass is 10.2. The molecule has 0 amide bonds. The zero-order valence-electron chi connectivity index (χ0n) is 10.7.